The Kier molecular flexibility index (Phi) is 7.28. The highest BCUT2D eigenvalue weighted by Gasteiger charge is 2.33. The number of hydrogen-bond acceptors (Lipinski definition) is 5. The van der Waals surface area contributed by atoms with E-state index < -0.39 is 0 Å². The number of piperazine rings is 1. The molecule has 2 N–H and O–H groups in total. The molecule has 2 saturated heterocycles. The van der Waals surface area contributed by atoms with Gasteiger partial charge >= 0.3 is 0 Å². The zero-order valence-electron chi connectivity index (χ0n) is 17.5. The molecule has 0 spiro atoms. The second kappa shape index (κ2) is 10.1. The van der Waals surface area contributed by atoms with E-state index >= 15 is 0 Å². The van der Waals surface area contributed by atoms with E-state index in [2.05, 4.69) is 45.0 Å². The van der Waals surface area contributed by atoms with Crippen molar-refractivity contribution in [2.45, 2.75) is 31.5 Å². The Morgan fingerprint density at radius 1 is 0.900 bits per heavy atom. The Morgan fingerprint density at radius 2 is 1.67 bits per heavy atom. The van der Waals surface area contributed by atoms with Crippen molar-refractivity contribution in [3.05, 3.63) is 64.7 Å². The second-order valence-electron chi connectivity index (χ2n) is 8.56. The molecule has 2 aromatic rings. The van der Waals surface area contributed by atoms with Crippen LogP contribution < -0.4 is 0 Å². The number of phenolic OH excluding ortho intramolecular Hbond substituents is 1. The monoisotopic (exact) mass is 429 g/mol. The van der Waals surface area contributed by atoms with Crippen LogP contribution in [-0.2, 0) is 13.0 Å². The summed E-state index contributed by atoms with van der Waals surface area (Å²) < 4.78 is 0. The Morgan fingerprint density at radius 3 is 2.37 bits per heavy atom. The number of benzene rings is 2. The van der Waals surface area contributed by atoms with Crippen molar-refractivity contribution in [2.75, 3.05) is 45.8 Å². The van der Waals surface area contributed by atoms with Gasteiger partial charge in [-0.2, -0.15) is 0 Å². The number of hydrogen-bond donors (Lipinski definition) is 2. The van der Waals surface area contributed by atoms with Crippen LogP contribution in [0.3, 0.4) is 0 Å². The Bertz CT molecular complexity index is 811. The van der Waals surface area contributed by atoms with Gasteiger partial charge in [0.2, 0.25) is 0 Å². The maximum Gasteiger partial charge on any atom is 0.134 e. The molecule has 0 radical (unpaired) electrons. The first-order valence-corrected chi connectivity index (χ1v) is 11.3. The molecular weight excluding hydrogens is 398 g/mol. The Labute approximate surface area is 184 Å². The lowest BCUT2D eigenvalue weighted by molar-refractivity contribution is -0.0307. The molecule has 6 heteroatoms. The fraction of sp³-hybridized carbons (Fsp3) is 0.500. The number of phenols is 1. The largest absolute Gasteiger partial charge is 0.506 e. The van der Waals surface area contributed by atoms with E-state index in [9.17, 15) is 10.2 Å². The summed E-state index contributed by atoms with van der Waals surface area (Å²) in [4.78, 5) is 7.30. The molecule has 2 aromatic carbocycles. The number of rotatable bonds is 6. The molecule has 5 nitrogen and oxygen atoms in total. The van der Waals surface area contributed by atoms with Crippen molar-refractivity contribution >= 4 is 11.6 Å². The van der Waals surface area contributed by atoms with Crippen molar-refractivity contribution in [1.82, 2.24) is 14.7 Å². The van der Waals surface area contributed by atoms with Crippen molar-refractivity contribution < 1.29 is 10.2 Å². The smallest absolute Gasteiger partial charge is 0.134 e. The van der Waals surface area contributed by atoms with Gasteiger partial charge in [-0.1, -0.05) is 48.0 Å². The lowest BCUT2D eigenvalue weighted by atomic mass is 9.98. The van der Waals surface area contributed by atoms with Gasteiger partial charge in [0.05, 0.1) is 11.1 Å². The van der Waals surface area contributed by atoms with Crippen molar-refractivity contribution in [3.63, 3.8) is 0 Å². The first kappa shape index (κ1) is 21.6. The van der Waals surface area contributed by atoms with Gasteiger partial charge in [0.25, 0.3) is 0 Å². The number of piperidine rings is 1. The normalized spacial score (nSPS) is 24.2. The van der Waals surface area contributed by atoms with Crippen LogP contribution in [0.2, 0.25) is 5.02 Å². The highest BCUT2D eigenvalue weighted by atomic mass is 35.5. The summed E-state index contributed by atoms with van der Waals surface area (Å²) in [5.41, 5.74) is 2.47. The summed E-state index contributed by atoms with van der Waals surface area (Å²) in [6.45, 7) is 7.71. The van der Waals surface area contributed by atoms with Gasteiger partial charge in [0, 0.05) is 58.4 Å². The molecule has 0 amide bonds. The van der Waals surface area contributed by atoms with Gasteiger partial charge in [-0.3, -0.25) is 9.80 Å². The van der Waals surface area contributed by atoms with Gasteiger partial charge in [-0.25, -0.2) is 0 Å². The summed E-state index contributed by atoms with van der Waals surface area (Å²) in [7, 11) is 0. The minimum absolute atomic E-state index is 0.113. The molecule has 0 bridgehead atoms. The van der Waals surface area contributed by atoms with Gasteiger partial charge in [0.15, 0.2) is 0 Å². The van der Waals surface area contributed by atoms with Crippen LogP contribution >= 0.6 is 11.6 Å². The maximum absolute atomic E-state index is 10.8. The minimum Gasteiger partial charge on any atom is -0.506 e. The molecule has 2 aliphatic heterocycles. The molecule has 2 atom stereocenters. The molecule has 4 rings (SSSR count). The third-order valence-corrected chi connectivity index (χ3v) is 6.79. The van der Waals surface area contributed by atoms with Crippen LogP contribution in [0, 0.1) is 0 Å². The Hall–Kier alpha value is -1.63. The molecule has 2 fully saturated rings. The van der Waals surface area contributed by atoms with E-state index in [1.807, 2.05) is 12.1 Å². The number of aliphatic hydroxyl groups excluding tert-OH is 1. The van der Waals surface area contributed by atoms with Crippen LogP contribution in [0.4, 0.5) is 0 Å². The highest BCUT2D eigenvalue weighted by molar-refractivity contribution is 6.32. The van der Waals surface area contributed by atoms with Crippen LogP contribution in [0.5, 0.6) is 5.75 Å². The lowest BCUT2D eigenvalue weighted by Gasteiger charge is -2.45. The quantitative estimate of drug-likeness (QED) is 0.739. The van der Waals surface area contributed by atoms with E-state index in [-0.39, 0.29) is 17.9 Å². The molecule has 30 heavy (non-hydrogen) atoms. The van der Waals surface area contributed by atoms with Gasteiger partial charge in [0.1, 0.15) is 5.75 Å². The van der Waals surface area contributed by atoms with Crippen LogP contribution in [0.15, 0.2) is 48.5 Å². The van der Waals surface area contributed by atoms with Crippen LogP contribution in [-0.4, -0.2) is 82.9 Å². The zero-order valence-corrected chi connectivity index (χ0v) is 18.2. The maximum atomic E-state index is 10.8. The van der Waals surface area contributed by atoms with E-state index in [0.29, 0.717) is 11.6 Å². The van der Waals surface area contributed by atoms with E-state index in [1.54, 1.807) is 6.07 Å². The van der Waals surface area contributed by atoms with Crippen LogP contribution in [0.25, 0.3) is 0 Å². The summed E-state index contributed by atoms with van der Waals surface area (Å²) >= 11 is 6.03. The minimum atomic E-state index is -0.331. The summed E-state index contributed by atoms with van der Waals surface area (Å²) in [5, 5.41) is 20.8. The summed E-state index contributed by atoms with van der Waals surface area (Å²) in [6.07, 6.45) is 1.75. The summed E-state index contributed by atoms with van der Waals surface area (Å²) in [5.74, 6) is 0.113. The molecule has 2 aliphatic rings. The fourth-order valence-electron chi connectivity index (χ4n) is 4.71. The molecule has 0 aromatic heterocycles. The van der Waals surface area contributed by atoms with Crippen LogP contribution in [0.1, 0.15) is 17.5 Å². The van der Waals surface area contributed by atoms with Gasteiger partial charge in [-0.15, -0.1) is 0 Å². The molecule has 162 valence electrons. The highest BCUT2D eigenvalue weighted by Crippen LogP contribution is 2.26. The molecule has 0 saturated carbocycles. The average Bonchev–Trinajstić information content (AvgIpc) is 2.76. The predicted molar refractivity (Wildman–Crippen MR) is 121 cm³/mol. The second-order valence-corrected chi connectivity index (χ2v) is 8.96. The van der Waals surface area contributed by atoms with E-state index in [4.69, 9.17) is 11.6 Å². The first-order chi connectivity index (χ1) is 14.6. The number of halogens is 1. The number of aliphatic hydroxyl groups is 1. The van der Waals surface area contributed by atoms with E-state index in [1.165, 1.54) is 5.56 Å². The zero-order chi connectivity index (χ0) is 20.9. The lowest BCUT2D eigenvalue weighted by Crippen LogP contribution is -2.58. The average molecular weight is 430 g/mol. The van der Waals surface area contributed by atoms with E-state index in [0.717, 1.165) is 64.2 Å². The number of likely N-dealkylation sites (tertiary alicyclic amines) is 1. The topological polar surface area (TPSA) is 50.2 Å². The number of aromatic hydroxyl groups is 1. The fourth-order valence-corrected chi connectivity index (χ4v) is 4.91. The van der Waals surface area contributed by atoms with Crippen molar-refractivity contribution in [2.24, 2.45) is 0 Å². The first-order valence-electron chi connectivity index (χ1n) is 11.0. The van der Waals surface area contributed by atoms with Gasteiger partial charge in [-0.05, 0) is 36.1 Å². The number of nitrogens with zero attached hydrogens (tertiary/aromatic N) is 3. The van der Waals surface area contributed by atoms with Gasteiger partial charge < -0.3 is 15.1 Å². The summed E-state index contributed by atoms with van der Waals surface area (Å²) in [6, 6.07) is 16.3. The van der Waals surface area contributed by atoms with Crippen molar-refractivity contribution in [3.8, 4) is 5.75 Å². The predicted octanol–water partition coefficient (Wildman–Crippen LogP) is 2.84. The molecule has 2 heterocycles. The SMILES string of the molecule is Oc1ccc(CN2CCC(N3CCN(CCc4ccccc4)CC3)C(O)C2)cc1Cl. The standard InChI is InChI=1S/C24H32ClN3O2/c25-21-16-20(6-7-23(21)29)17-27-11-9-22(24(30)18-27)28-14-12-26(13-15-28)10-8-19-4-2-1-3-5-19/h1-7,16,22,24,29-30H,8-15,17-18H2. The van der Waals surface area contributed by atoms with Crippen molar-refractivity contribution in [1.29, 1.82) is 0 Å². The molecular formula is C24H32ClN3O2. The third-order valence-electron chi connectivity index (χ3n) is 6.48. The third kappa shape index (κ3) is 5.54. The molecule has 0 aliphatic carbocycles. The molecule has 2 unspecified atom stereocenters. The number of β-amino-alcohol motifs (C(OH)–C–C–N with tert-alkyl or cyclic N) is 1. The Balaban J connectivity index is 1.22.